The maximum atomic E-state index is 13.0. The molecule has 0 atom stereocenters. The monoisotopic (exact) mass is 257 g/mol. The van der Waals surface area contributed by atoms with Crippen molar-refractivity contribution >= 4 is 17.5 Å². The number of benzene rings is 1. The van der Waals surface area contributed by atoms with Crippen LogP contribution in [0, 0.1) is 18.2 Å². The number of nitrogens with one attached hydrogen (secondary N) is 1. The molecule has 0 unspecified atom stereocenters. The fraction of sp³-hybridized carbons (Fsp3) is 0.462. The Labute approximate surface area is 106 Å². The molecule has 2 nitrogen and oxygen atoms in total. The Morgan fingerprint density at radius 3 is 2.71 bits per heavy atom. The zero-order valence-corrected chi connectivity index (χ0v) is 11.1. The van der Waals surface area contributed by atoms with Gasteiger partial charge in [0.05, 0.1) is 0 Å². The van der Waals surface area contributed by atoms with E-state index >= 15 is 0 Å². The number of rotatable bonds is 4. The van der Waals surface area contributed by atoms with Crippen LogP contribution in [-0.4, -0.2) is 18.3 Å². The van der Waals surface area contributed by atoms with Crippen molar-refractivity contribution in [1.82, 2.24) is 5.32 Å². The zero-order valence-electron chi connectivity index (χ0n) is 10.3. The van der Waals surface area contributed by atoms with Gasteiger partial charge in [-0.3, -0.25) is 4.79 Å². The molecule has 17 heavy (non-hydrogen) atoms. The van der Waals surface area contributed by atoms with E-state index in [9.17, 15) is 9.18 Å². The molecule has 1 aromatic rings. The molecule has 1 amide bonds. The van der Waals surface area contributed by atoms with Crippen molar-refractivity contribution in [2.75, 3.05) is 12.4 Å². The number of amides is 1. The Morgan fingerprint density at radius 2 is 2.12 bits per heavy atom. The van der Waals surface area contributed by atoms with Crippen molar-refractivity contribution in [3.8, 4) is 0 Å². The zero-order chi connectivity index (χ0) is 13.1. The van der Waals surface area contributed by atoms with Gasteiger partial charge in [0.2, 0.25) is 0 Å². The van der Waals surface area contributed by atoms with Crippen molar-refractivity contribution < 1.29 is 9.18 Å². The molecule has 0 aliphatic carbocycles. The van der Waals surface area contributed by atoms with E-state index in [1.165, 1.54) is 12.1 Å². The normalized spacial score (nSPS) is 11.4. The molecule has 1 rings (SSSR count). The molecule has 0 aliphatic rings. The lowest BCUT2D eigenvalue weighted by atomic mass is 9.96. The van der Waals surface area contributed by atoms with Crippen LogP contribution in [0.5, 0.6) is 0 Å². The first-order chi connectivity index (χ1) is 7.85. The van der Waals surface area contributed by atoms with Crippen LogP contribution < -0.4 is 5.32 Å². The van der Waals surface area contributed by atoms with E-state index in [1.807, 2.05) is 13.8 Å². The van der Waals surface area contributed by atoms with Gasteiger partial charge in [-0.15, -0.1) is 11.6 Å². The lowest BCUT2D eigenvalue weighted by Crippen LogP contribution is -2.35. The minimum absolute atomic E-state index is 0.168. The topological polar surface area (TPSA) is 29.1 Å². The summed E-state index contributed by atoms with van der Waals surface area (Å²) in [6.07, 6.45) is 0. The third-order valence-corrected chi connectivity index (χ3v) is 3.26. The molecule has 0 saturated carbocycles. The van der Waals surface area contributed by atoms with E-state index in [2.05, 4.69) is 5.32 Å². The number of hydrogen-bond acceptors (Lipinski definition) is 1. The van der Waals surface area contributed by atoms with Gasteiger partial charge >= 0.3 is 0 Å². The highest BCUT2D eigenvalue weighted by atomic mass is 35.5. The predicted molar refractivity (Wildman–Crippen MR) is 68.0 cm³/mol. The van der Waals surface area contributed by atoms with E-state index < -0.39 is 5.82 Å². The Bertz CT molecular complexity index is 418. The molecular formula is C13H17ClFNO. The molecule has 0 spiro atoms. The fourth-order valence-electron chi connectivity index (χ4n) is 1.30. The van der Waals surface area contributed by atoms with E-state index in [0.29, 0.717) is 18.0 Å². The summed E-state index contributed by atoms with van der Waals surface area (Å²) in [6, 6.07) is 4.18. The van der Waals surface area contributed by atoms with Crippen LogP contribution >= 0.6 is 11.6 Å². The van der Waals surface area contributed by atoms with E-state index in [1.54, 1.807) is 13.0 Å². The second-order valence-corrected chi connectivity index (χ2v) is 5.21. The second kappa shape index (κ2) is 5.50. The number of carbonyl (C=O) groups is 1. The van der Waals surface area contributed by atoms with Gasteiger partial charge in [0.15, 0.2) is 0 Å². The van der Waals surface area contributed by atoms with Crippen LogP contribution in [0.25, 0.3) is 0 Å². The summed E-state index contributed by atoms with van der Waals surface area (Å²) in [7, 11) is 0. The van der Waals surface area contributed by atoms with Gasteiger partial charge in [-0.2, -0.15) is 0 Å². The molecule has 0 heterocycles. The Kier molecular flexibility index (Phi) is 4.52. The smallest absolute Gasteiger partial charge is 0.251 e. The summed E-state index contributed by atoms with van der Waals surface area (Å²) >= 11 is 5.77. The molecule has 0 fully saturated rings. The van der Waals surface area contributed by atoms with Gasteiger partial charge < -0.3 is 5.32 Å². The summed E-state index contributed by atoms with van der Waals surface area (Å²) in [5.74, 6) is -0.215. The highest BCUT2D eigenvalue weighted by Crippen LogP contribution is 2.16. The number of hydrogen-bond donors (Lipinski definition) is 1. The van der Waals surface area contributed by atoms with Gasteiger partial charge in [-0.25, -0.2) is 4.39 Å². The first kappa shape index (κ1) is 14.0. The minimum Gasteiger partial charge on any atom is -0.351 e. The largest absolute Gasteiger partial charge is 0.351 e. The van der Waals surface area contributed by atoms with E-state index in [-0.39, 0.29) is 11.3 Å². The summed E-state index contributed by atoms with van der Waals surface area (Å²) in [6.45, 7) is 6.16. The molecule has 0 bridgehead atoms. The van der Waals surface area contributed by atoms with E-state index in [4.69, 9.17) is 11.6 Å². The molecule has 0 radical (unpaired) electrons. The first-order valence-corrected chi connectivity index (χ1v) is 5.99. The standard InChI is InChI=1S/C13H17ClFNO/c1-9-4-5-10(15)6-11(9)12(17)16-8-13(2,3)7-14/h4-6H,7-8H2,1-3H3,(H,16,17). The van der Waals surface area contributed by atoms with Crippen molar-refractivity contribution in [1.29, 1.82) is 0 Å². The highest BCUT2D eigenvalue weighted by molar-refractivity contribution is 6.18. The molecule has 4 heteroatoms. The van der Waals surface area contributed by atoms with Gasteiger partial charge in [0, 0.05) is 18.0 Å². The molecule has 0 saturated heterocycles. The SMILES string of the molecule is Cc1ccc(F)cc1C(=O)NCC(C)(C)CCl. The molecule has 1 N–H and O–H groups in total. The maximum Gasteiger partial charge on any atom is 0.251 e. The average molecular weight is 258 g/mol. The van der Waals surface area contributed by atoms with Crippen molar-refractivity contribution in [3.63, 3.8) is 0 Å². The molecule has 0 aliphatic heterocycles. The number of alkyl halides is 1. The van der Waals surface area contributed by atoms with Crippen LogP contribution in [0.15, 0.2) is 18.2 Å². The summed E-state index contributed by atoms with van der Waals surface area (Å²) in [5, 5.41) is 2.77. The lowest BCUT2D eigenvalue weighted by Gasteiger charge is -2.21. The molecule has 1 aromatic carbocycles. The predicted octanol–water partition coefficient (Wildman–Crippen LogP) is 3.13. The second-order valence-electron chi connectivity index (χ2n) is 4.94. The quantitative estimate of drug-likeness (QED) is 0.825. The van der Waals surface area contributed by atoms with Gasteiger partial charge in [0.1, 0.15) is 5.82 Å². The Morgan fingerprint density at radius 1 is 1.47 bits per heavy atom. The van der Waals surface area contributed by atoms with Crippen molar-refractivity contribution in [3.05, 3.63) is 35.1 Å². The highest BCUT2D eigenvalue weighted by Gasteiger charge is 2.18. The average Bonchev–Trinajstić information content (AvgIpc) is 2.29. The van der Waals surface area contributed by atoms with Crippen LogP contribution in [0.4, 0.5) is 4.39 Å². The van der Waals surface area contributed by atoms with Gasteiger partial charge in [-0.05, 0) is 30.0 Å². The third kappa shape index (κ3) is 4.00. The lowest BCUT2D eigenvalue weighted by molar-refractivity contribution is 0.0939. The Balaban J connectivity index is 2.74. The van der Waals surface area contributed by atoms with Crippen molar-refractivity contribution in [2.24, 2.45) is 5.41 Å². The number of halogens is 2. The van der Waals surface area contributed by atoms with Crippen LogP contribution in [0.2, 0.25) is 0 Å². The van der Waals surface area contributed by atoms with Crippen molar-refractivity contribution in [2.45, 2.75) is 20.8 Å². The summed E-state index contributed by atoms with van der Waals surface area (Å²) < 4.78 is 13.0. The Hall–Kier alpha value is -1.09. The molecule has 94 valence electrons. The third-order valence-electron chi connectivity index (χ3n) is 2.53. The van der Waals surface area contributed by atoms with Gasteiger partial charge in [-0.1, -0.05) is 19.9 Å². The minimum atomic E-state index is -0.405. The fourth-order valence-corrected chi connectivity index (χ4v) is 1.40. The molecular weight excluding hydrogens is 241 g/mol. The summed E-state index contributed by atoms with van der Waals surface area (Å²) in [5.41, 5.74) is 0.960. The van der Waals surface area contributed by atoms with Crippen LogP contribution in [0.3, 0.4) is 0 Å². The van der Waals surface area contributed by atoms with Gasteiger partial charge in [0.25, 0.3) is 5.91 Å². The number of carbonyl (C=O) groups excluding carboxylic acids is 1. The summed E-state index contributed by atoms with van der Waals surface area (Å²) in [4.78, 5) is 11.9. The first-order valence-electron chi connectivity index (χ1n) is 5.46. The number of aryl methyl sites for hydroxylation is 1. The maximum absolute atomic E-state index is 13.0. The van der Waals surface area contributed by atoms with Crippen LogP contribution in [0.1, 0.15) is 29.8 Å². The van der Waals surface area contributed by atoms with Crippen LogP contribution in [-0.2, 0) is 0 Å². The molecule has 0 aromatic heterocycles. The van der Waals surface area contributed by atoms with E-state index in [0.717, 1.165) is 5.56 Å².